The van der Waals surface area contributed by atoms with Gasteiger partial charge in [0, 0.05) is 6.54 Å². The van der Waals surface area contributed by atoms with Crippen LogP contribution in [0.2, 0.25) is 0 Å². The Labute approximate surface area is 112 Å². The maximum atomic E-state index is 11.3. The van der Waals surface area contributed by atoms with Crippen molar-refractivity contribution in [1.29, 1.82) is 0 Å². The highest BCUT2D eigenvalue weighted by Gasteiger charge is 2.13. The van der Waals surface area contributed by atoms with Crippen LogP contribution in [0.15, 0.2) is 18.2 Å². The highest BCUT2D eigenvalue weighted by atomic mass is 16.5. The number of methoxy groups -OCH3 is 1. The average molecular weight is 265 g/mol. The topological polar surface area (TPSA) is 64.6 Å². The normalized spacial score (nSPS) is 9.84. The van der Waals surface area contributed by atoms with Crippen LogP contribution >= 0.6 is 0 Å². The molecule has 19 heavy (non-hydrogen) atoms. The van der Waals surface area contributed by atoms with Crippen LogP contribution in [0.5, 0.6) is 5.75 Å². The Kier molecular flexibility index (Phi) is 5.85. The van der Waals surface area contributed by atoms with Crippen molar-refractivity contribution in [3.63, 3.8) is 0 Å². The Morgan fingerprint density at radius 3 is 2.63 bits per heavy atom. The molecule has 1 aromatic rings. The van der Waals surface area contributed by atoms with Gasteiger partial charge in [-0.3, -0.25) is 4.79 Å². The molecule has 0 radical (unpaired) electrons. The van der Waals surface area contributed by atoms with Gasteiger partial charge >= 0.3 is 11.9 Å². The second-order valence-electron chi connectivity index (χ2n) is 4.03. The summed E-state index contributed by atoms with van der Waals surface area (Å²) in [6, 6.07) is 5.82. The SMILES string of the molecule is CCOC(=O)C(=O)NCCc1ccc(OC)c(C)c1. The fourth-order valence-corrected chi connectivity index (χ4v) is 1.69. The molecule has 0 bridgehead atoms. The van der Waals surface area contributed by atoms with Crippen LogP contribution in [0.1, 0.15) is 18.1 Å². The molecule has 5 heteroatoms. The summed E-state index contributed by atoms with van der Waals surface area (Å²) in [6.07, 6.45) is 0.649. The molecule has 0 saturated carbocycles. The zero-order valence-electron chi connectivity index (χ0n) is 11.5. The van der Waals surface area contributed by atoms with E-state index in [0.29, 0.717) is 13.0 Å². The second-order valence-corrected chi connectivity index (χ2v) is 4.03. The van der Waals surface area contributed by atoms with Crippen LogP contribution in [0, 0.1) is 6.92 Å². The lowest BCUT2D eigenvalue weighted by Gasteiger charge is -2.08. The van der Waals surface area contributed by atoms with Gasteiger partial charge in [0.15, 0.2) is 0 Å². The molecular formula is C14H19NO4. The zero-order chi connectivity index (χ0) is 14.3. The molecule has 0 heterocycles. The van der Waals surface area contributed by atoms with Crippen molar-refractivity contribution < 1.29 is 19.1 Å². The van der Waals surface area contributed by atoms with E-state index >= 15 is 0 Å². The summed E-state index contributed by atoms with van der Waals surface area (Å²) >= 11 is 0. The van der Waals surface area contributed by atoms with Gasteiger partial charge in [0.25, 0.3) is 0 Å². The lowest BCUT2D eigenvalue weighted by molar-refractivity contribution is -0.154. The average Bonchev–Trinajstić information content (AvgIpc) is 2.39. The summed E-state index contributed by atoms with van der Waals surface area (Å²) in [5.74, 6) is -0.709. The van der Waals surface area contributed by atoms with Gasteiger partial charge in [0.05, 0.1) is 13.7 Å². The smallest absolute Gasteiger partial charge is 0.396 e. The molecule has 0 spiro atoms. The largest absolute Gasteiger partial charge is 0.496 e. The lowest BCUT2D eigenvalue weighted by atomic mass is 10.1. The number of ether oxygens (including phenoxy) is 2. The van der Waals surface area contributed by atoms with Crippen molar-refractivity contribution >= 4 is 11.9 Å². The third-order valence-corrected chi connectivity index (χ3v) is 2.62. The van der Waals surface area contributed by atoms with Gasteiger partial charge in [-0.05, 0) is 37.5 Å². The lowest BCUT2D eigenvalue weighted by Crippen LogP contribution is -2.33. The zero-order valence-corrected chi connectivity index (χ0v) is 11.5. The Morgan fingerprint density at radius 2 is 2.05 bits per heavy atom. The van der Waals surface area contributed by atoms with Gasteiger partial charge in [-0.15, -0.1) is 0 Å². The van der Waals surface area contributed by atoms with Crippen LogP contribution in [0.3, 0.4) is 0 Å². The molecule has 0 aliphatic heterocycles. The molecule has 0 aliphatic carbocycles. The van der Waals surface area contributed by atoms with Crippen molar-refractivity contribution in [1.82, 2.24) is 5.32 Å². The third-order valence-electron chi connectivity index (χ3n) is 2.62. The van der Waals surface area contributed by atoms with Gasteiger partial charge in [0.2, 0.25) is 0 Å². The first-order chi connectivity index (χ1) is 9.08. The van der Waals surface area contributed by atoms with Crippen LogP contribution in [0.25, 0.3) is 0 Å². The van der Waals surface area contributed by atoms with Gasteiger partial charge in [0.1, 0.15) is 5.75 Å². The van der Waals surface area contributed by atoms with Crippen molar-refractivity contribution in [2.45, 2.75) is 20.3 Å². The molecule has 0 atom stereocenters. The molecule has 0 saturated heterocycles. The molecule has 0 fully saturated rings. The maximum absolute atomic E-state index is 11.3. The molecule has 5 nitrogen and oxygen atoms in total. The van der Waals surface area contributed by atoms with E-state index in [4.69, 9.17) is 4.74 Å². The molecule has 1 N–H and O–H groups in total. The summed E-state index contributed by atoms with van der Waals surface area (Å²) in [7, 11) is 1.63. The Balaban J connectivity index is 2.43. The van der Waals surface area contributed by atoms with Crippen LogP contribution < -0.4 is 10.1 Å². The molecule has 0 aliphatic rings. The number of nitrogens with one attached hydrogen (secondary N) is 1. The summed E-state index contributed by atoms with van der Waals surface area (Å²) < 4.78 is 9.76. The number of hydrogen-bond donors (Lipinski definition) is 1. The minimum atomic E-state index is -0.839. The predicted molar refractivity (Wildman–Crippen MR) is 71.1 cm³/mol. The fraction of sp³-hybridized carbons (Fsp3) is 0.429. The number of rotatable bonds is 5. The number of aryl methyl sites for hydroxylation is 1. The van der Waals surface area contributed by atoms with Crippen molar-refractivity contribution in [2.24, 2.45) is 0 Å². The number of esters is 1. The van der Waals surface area contributed by atoms with E-state index in [-0.39, 0.29) is 6.61 Å². The summed E-state index contributed by atoms with van der Waals surface area (Å²) in [6.45, 7) is 4.21. The van der Waals surface area contributed by atoms with Gasteiger partial charge < -0.3 is 14.8 Å². The molecule has 1 amide bonds. The van der Waals surface area contributed by atoms with E-state index in [1.165, 1.54) is 0 Å². The number of hydrogen-bond acceptors (Lipinski definition) is 4. The predicted octanol–water partition coefficient (Wildman–Crippen LogP) is 1.23. The highest BCUT2D eigenvalue weighted by molar-refractivity contribution is 6.32. The summed E-state index contributed by atoms with van der Waals surface area (Å²) in [5, 5.41) is 2.52. The standard InChI is InChI=1S/C14H19NO4/c1-4-19-14(17)13(16)15-8-7-11-5-6-12(18-3)10(2)9-11/h5-6,9H,4,7-8H2,1-3H3,(H,15,16). The first kappa shape index (κ1) is 15.0. The number of carbonyl (C=O) groups is 2. The van der Waals surface area contributed by atoms with Crippen molar-refractivity contribution in [3.8, 4) is 5.75 Å². The summed E-state index contributed by atoms with van der Waals surface area (Å²) in [5.41, 5.74) is 2.11. The molecule has 104 valence electrons. The van der Waals surface area contributed by atoms with E-state index in [0.717, 1.165) is 16.9 Å². The summed E-state index contributed by atoms with van der Waals surface area (Å²) in [4.78, 5) is 22.4. The van der Waals surface area contributed by atoms with E-state index in [1.54, 1.807) is 14.0 Å². The fourth-order valence-electron chi connectivity index (χ4n) is 1.69. The Bertz CT molecular complexity index is 457. The number of amides is 1. The third kappa shape index (κ3) is 4.62. The van der Waals surface area contributed by atoms with E-state index in [1.807, 2.05) is 25.1 Å². The van der Waals surface area contributed by atoms with Gasteiger partial charge in [-0.25, -0.2) is 4.79 Å². The molecular weight excluding hydrogens is 246 g/mol. The van der Waals surface area contributed by atoms with Crippen LogP contribution in [-0.2, 0) is 20.7 Å². The molecule has 1 aromatic carbocycles. The first-order valence-electron chi connectivity index (χ1n) is 6.17. The minimum Gasteiger partial charge on any atom is -0.496 e. The second kappa shape index (κ2) is 7.41. The molecule has 1 rings (SSSR count). The van der Waals surface area contributed by atoms with E-state index < -0.39 is 11.9 Å². The van der Waals surface area contributed by atoms with Crippen LogP contribution in [-0.4, -0.2) is 32.1 Å². The Morgan fingerprint density at radius 1 is 1.32 bits per heavy atom. The van der Waals surface area contributed by atoms with Gasteiger partial charge in [-0.1, -0.05) is 12.1 Å². The number of benzene rings is 1. The minimum absolute atomic E-state index is 0.198. The Hall–Kier alpha value is -2.04. The quantitative estimate of drug-likeness (QED) is 0.642. The number of carbonyl (C=O) groups excluding carboxylic acids is 2. The van der Waals surface area contributed by atoms with E-state index in [9.17, 15) is 9.59 Å². The van der Waals surface area contributed by atoms with Gasteiger partial charge in [-0.2, -0.15) is 0 Å². The first-order valence-corrected chi connectivity index (χ1v) is 6.17. The highest BCUT2D eigenvalue weighted by Crippen LogP contribution is 2.18. The van der Waals surface area contributed by atoms with E-state index in [2.05, 4.69) is 10.1 Å². The van der Waals surface area contributed by atoms with Crippen LogP contribution in [0.4, 0.5) is 0 Å². The van der Waals surface area contributed by atoms with Crippen molar-refractivity contribution in [2.75, 3.05) is 20.3 Å². The monoisotopic (exact) mass is 265 g/mol. The molecule has 0 unspecified atom stereocenters. The maximum Gasteiger partial charge on any atom is 0.396 e. The van der Waals surface area contributed by atoms with Crippen molar-refractivity contribution in [3.05, 3.63) is 29.3 Å². The molecule has 0 aromatic heterocycles.